The molecule has 0 bridgehead atoms. The fraction of sp³-hybridized carbons (Fsp3) is 0.500. The van der Waals surface area contributed by atoms with E-state index < -0.39 is 32.3 Å². The lowest BCUT2D eigenvalue weighted by molar-refractivity contribution is 0.275. The molecule has 1 fully saturated rings. The Labute approximate surface area is 123 Å². The second-order valence-corrected chi connectivity index (χ2v) is 9.06. The molecule has 1 saturated heterocycles. The number of nitrogens with zero attached hydrogens (tertiary/aromatic N) is 1. The number of rotatable bonds is 3. The Morgan fingerprint density at radius 1 is 1.24 bits per heavy atom. The smallest absolute Gasteiger partial charge is 0.243 e. The van der Waals surface area contributed by atoms with Crippen LogP contribution in [-0.4, -0.2) is 50.8 Å². The van der Waals surface area contributed by atoms with Crippen LogP contribution >= 0.6 is 0 Å². The highest BCUT2D eigenvalue weighted by Gasteiger charge is 2.29. The van der Waals surface area contributed by atoms with Gasteiger partial charge in [-0.3, -0.25) is 0 Å². The first-order chi connectivity index (χ1) is 9.76. The van der Waals surface area contributed by atoms with E-state index in [9.17, 15) is 21.2 Å². The van der Waals surface area contributed by atoms with Gasteiger partial charge >= 0.3 is 0 Å². The van der Waals surface area contributed by atoms with Gasteiger partial charge in [0.2, 0.25) is 10.0 Å². The Bertz CT molecular complexity index is 730. The third kappa shape index (κ3) is 3.60. The highest BCUT2D eigenvalue weighted by Crippen LogP contribution is 2.21. The predicted molar refractivity (Wildman–Crippen MR) is 74.4 cm³/mol. The van der Waals surface area contributed by atoms with E-state index >= 15 is 0 Å². The number of halogens is 1. The van der Waals surface area contributed by atoms with Crippen LogP contribution in [0.4, 0.5) is 4.39 Å². The van der Waals surface area contributed by atoms with E-state index in [0.29, 0.717) is 0 Å². The molecule has 21 heavy (non-hydrogen) atoms. The van der Waals surface area contributed by atoms with Crippen molar-refractivity contribution in [3.05, 3.63) is 29.6 Å². The predicted octanol–water partition coefficient (Wildman–Crippen LogP) is 0.127. The van der Waals surface area contributed by atoms with Crippen LogP contribution in [0.3, 0.4) is 0 Å². The van der Waals surface area contributed by atoms with Gasteiger partial charge in [-0.05, 0) is 24.6 Å². The molecule has 9 heteroatoms. The summed E-state index contributed by atoms with van der Waals surface area (Å²) in [7, 11) is -7.11. The molecule has 0 aliphatic carbocycles. The van der Waals surface area contributed by atoms with E-state index in [-0.39, 0.29) is 41.5 Å². The lowest BCUT2D eigenvalue weighted by Crippen LogP contribution is -2.33. The summed E-state index contributed by atoms with van der Waals surface area (Å²) in [6.07, 6.45) is 0.232. The van der Waals surface area contributed by atoms with E-state index in [4.69, 9.17) is 5.11 Å². The zero-order valence-electron chi connectivity index (χ0n) is 11.2. The van der Waals surface area contributed by atoms with Crippen molar-refractivity contribution in [2.24, 2.45) is 0 Å². The van der Waals surface area contributed by atoms with E-state index in [1.165, 1.54) is 0 Å². The van der Waals surface area contributed by atoms with Gasteiger partial charge in [0, 0.05) is 18.7 Å². The SMILES string of the molecule is O=S1(=O)CCCN(S(=O)(=O)c2ccc(F)c(CO)c2)CC1. The van der Waals surface area contributed by atoms with Crippen molar-refractivity contribution in [1.82, 2.24) is 4.31 Å². The molecule has 1 aliphatic rings. The average molecular weight is 337 g/mol. The molecule has 118 valence electrons. The maximum atomic E-state index is 13.3. The number of sulfonamides is 1. The zero-order chi connectivity index (χ0) is 15.7. The molecule has 0 aromatic heterocycles. The van der Waals surface area contributed by atoms with Gasteiger partial charge in [0.1, 0.15) is 5.82 Å². The highest BCUT2D eigenvalue weighted by atomic mass is 32.2. The first-order valence-corrected chi connectivity index (χ1v) is 9.62. The van der Waals surface area contributed by atoms with E-state index in [1.54, 1.807) is 0 Å². The van der Waals surface area contributed by atoms with Crippen LogP contribution in [0.2, 0.25) is 0 Å². The van der Waals surface area contributed by atoms with Crippen molar-refractivity contribution in [2.45, 2.75) is 17.9 Å². The fourth-order valence-electron chi connectivity index (χ4n) is 2.14. The normalized spacial score (nSPS) is 20.1. The first-order valence-electron chi connectivity index (χ1n) is 6.36. The molecule has 0 amide bonds. The maximum absolute atomic E-state index is 13.3. The minimum atomic E-state index is -3.89. The Kier molecular flexibility index (Phi) is 4.66. The van der Waals surface area contributed by atoms with Gasteiger partial charge in [-0.1, -0.05) is 0 Å². The molecule has 1 aromatic carbocycles. The van der Waals surface area contributed by atoms with Gasteiger partial charge in [0.15, 0.2) is 9.84 Å². The number of hydrogen-bond donors (Lipinski definition) is 1. The summed E-state index contributed by atoms with van der Waals surface area (Å²) < 4.78 is 62.4. The van der Waals surface area contributed by atoms with Gasteiger partial charge in [0.05, 0.1) is 23.0 Å². The van der Waals surface area contributed by atoms with Crippen molar-refractivity contribution < 1.29 is 26.3 Å². The Morgan fingerprint density at radius 3 is 2.62 bits per heavy atom. The Morgan fingerprint density at radius 2 is 1.95 bits per heavy atom. The maximum Gasteiger partial charge on any atom is 0.243 e. The summed E-state index contributed by atoms with van der Waals surface area (Å²) in [4.78, 5) is -0.146. The van der Waals surface area contributed by atoms with E-state index in [2.05, 4.69) is 0 Å². The van der Waals surface area contributed by atoms with Crippen molar-refractivity contribution >= 4 is 19.9 Å². The van der Waals surface area contributed by atoms with E-state index in [0.717, 1.165) is 22.5 Å². The molecule has 1 aliphatic heterocycles. The van der Waals surface area contributed by atoms with Crippen LogP contribution < -0.4 is 0 Å². The summed E-state index contributed by atoms with van der Waals surface area (Å²) in [6, 6.07) is 3.17. The molecular formula is C12H16FNO5S2. The third-order valence-corrected chi connectivity index (χ3v) is 6.95. The summed E-state index contributed by atoms with van der Waals surface area (Å²) >= 11 is 0. The lowest BCUT2D eigenvalue weighted by Gasteiger charge is -2.19. The van der Waals surface area contributed by atoms with Crippen molar-refractivity contribution in [1.29, 1.82) is 0 Å². The summed E-state index contributed by atoms with van der Waals surface area (Å²) in [5.41, 5.74) is -0.112. The molecule has 2 rings (SSSR count). The van der Waals surface area contributed by atoms with Crippen LogP contribution in [0.1, 0.15) is 12.0 Å². The number of aliphatic hydroxyl groups excluding tert-OH is 1. The van der Waals surface area contributed by atoms with Crippen molar-refractivity contribution in [3.63, 3.8) is 0 Å². The van der Waals surface area contributed by atoms with Gasteiger partial charge in [-0.25, -0.2) is 21.2 Å². The fourth-order valence-corrected chi connectivity index (χ4v) is 5.06. The molecule has 0 spiro atoms. The number of sulfone groups is 1. The standard InChI is InChI=1S/C12H16FNO5S2/c13-12-3-2-11(8-10(12)9-15)21(18,19)14-4-1-6-20(16,17)7-5-14/h2-3,8,15H,1,4-7,9H2. The molecule has 0 saturated carbocycles. The summed E-state index contributed by atoms with van der Waals surface area (Å²) in [5.74, 6) is -0.945. The molecule has 1 heterocycles. The van der Waals surface area contributed by atoms with Crippen molar-refractivity contribution in [3.8, 4) is 0 Å². The van der Waals surface area contributed by atoms with Crippen LogP contribution in [0.5, 0.6) is 0 Å². The molecule has 6 nitrogen and oxygen atoms in total. The molecule has 1 aromatic rings. The number of aliphatic hydroxyl groups is 1. The molecule has 0 radical (unpaired) electrons. The summed E-state index contributed by atoms with van der Waals surface area (Å²) in [5, 5.41) is 9.00. The lowest BCUT2D eigenvalue weighted by atomic mass is 10.2. The molecule has 0 atom stereocenters. The van der Waals surface area contributed by atoms with Gasteiger partial charge in [0.25, 0.3) is 0 Å². The third-order valence-electron chi connectivity index (χ3n) is 3.34. The van der Waals surface area contributed by atoms with Crippen LogP contribution in [0.15, 0.2) is 23.1 Å². The monoisotopic (exact) mass is 337 g/mol. The Balaban J connectivity index is 2.33. The van der Waals surface area contributed by atoms with Crippen LogP contribution in [-0.2, 0) is 26.5 Å². The largest absolute Gasteiger partial charge is 0.392 e. The second kappa shape index (κ2) is 5.99. The van der Waals surface area contributed by atoms with Crippen molar-refractivity contribution in [2.75, 3.05) is 24.6 Å². The summed E-state index contributed by atoms with van der Waals surface area (Å²) in [6.45, 7) is -0.618. The first kappa shape index (κ1) is 16.3. The minimum absolute atomic E-state index is 0.0374. The number of hydrogen-bond acceptors (Lipinski definition) is 5. The zero-order valence-corrected chi connectivity index (χ0v) is 12.8. The number of benzene rings is 1. The van der Waals surface area contributed by atoms with Gasteiger partial charge in [-0.15, -0.1) is 0 Å². The van der Waals surface area contributed by atoms with Crippen LogP contribution in [0.25, 0.3) is 0 Å². The molecule has 1 N–H and O–H groups in total. The topological polar surface area (TPSA) is 91.8 Å². The molecular weight excluding hydrogens is 321 g/mol. The van der Waals surface area contributed by atoms with Crippen LogP contribution in [0, 0.1) is 5.82 Å². The molecule has 0 unspecified atom stereocenters. The minimum Gasteiger partial charge on any atom is -0.392 e. The van der Waals surface area contributed by atoms with Gasteiger partial charge < -0.3 is 5.11 Å². The second-order valence-electron chi connectivity index (χ2n) is 4.82. The van der Waals surface area contributed by atoms with Gasteiger partial charge in [-0.2, -0.15) is 4.31 Å². The Hall–Kier alpha value is -1.03. The quantitative estimate of drug-likeness (QED) is 0.846. The average Bonchev–Trinajstić information content (AvgIpc) is 2.60. The van der Waals surface area contributed by atoms with E-state index in [1.807, 2.05) is 0 Å². The highest BCUT2D eigenvalue weighted by molar-refractivity contribution is 7.91.